The number of ketones is 1. The Hall–Kier alpha value is -1.77. The number of piperidine rings is 3. The molecule has 2 unspecified atom stereocenters. The third-order valence-electron chi connectivity index (χ3n) is 6.58. The summed E-state index contributed by atoms with van der Waals surface area (Å²) in [6.07, 6.45) is 0.887. The number of ether oxygens (including phenoxy) is 2. The molecule has 0 radical (unpaired) electrons. The summed E-state index contributed by atoms with van der Waals surface area (Å²) in [5.74, 6) is -1.24. The molecule has 3 saturated heterocycles. The summed E-state index contributed by atoms with van der Waals surface area (Å²) in [7, 11) is -7.05. The van der Waals surface area contributed by atoms with Gasteiger partial charge >= 0.3 is 13.7 Å². The molecule has 3 fully saturated rings. The minimum absolute atomic E-state index is 0.0398. The van der Waals surface area contributed by atoms with Gasteiger partial charge < -0.3 is 14.0 Å². The third kappa shape index (κ3) is 6.33. The van der Waals surface area contributed by atoms with Crippen LogP contribution in [-0.4, -0.2) is 67.2 Å². The maximum Gasteiger partial charge on any atom is 0.459 e. The van der Waals surface area contributed by atoms with Crippen molar-refractivity contribution < 1.29 is 36.8 Å². The number of rotatable bonds is 12. The minimum atomic E-state index is -4.32. The molecule has 1 N–H and O–H groups in total. The first-order chi connectivity index (χ1) is 17.7. The first-order valence-corrected chi connectivity index (χ1v) is 13.6. The minimum Gasteiger partial charge on any atom is -0.462 e. The molecule has 0 amide bonds. The highest BCUT2D eigenvalue weighted by Gasteiger charge is 2.57. The normalized spacial score (nSPS) is 30.3. The standard InChI is InChI=1S/C25H39N2O7P/c1-17(2)22(24(29)33-18(3)4)26-35(30,34-21-10-8-7-9-11-21)32-16-25(15-31-6)23(28)20-12-13-27(25)19(5)14-20/h7-11,17-20,22H,12-16H2,1-6H3,(H,26,30)/t19-,20+,22+,25+,35?/m1/s1/i6D3. The van der Waals surface area contributed by atoms with E-state index in [-0.39, 0.29) is 29.4 Å². The van der Waals surface area contributed by atoms with Crippen molar-refractivity contribution in [3.8, 4) is 5.75 Å². The predicted octanol–water partition coefficient (Wildman–Crippen LogP) is 3.82. The fourth-order valence-corrected chi connectivity index (χ4v) is 6.60. The number of fused-ring (bicyclic) bond motifs is 3. The zero-order valence-corrected chi connectivity index (χ0v) is 22.0. The molecule has 196 valence electrons. The fraction of sp³-hybridized carbons (Fsp3) is 0.680. The molecule has 6 atom stereocenters. The SMILES string of the molecule is [2H]C([2H])([2H])OC[C@]1(COP(=O)(N[C@H](C(=O)OC(C)C)C(C)C)Oc2ccccc2)C(=O)[C@H]2CCN1[C@H](C)C2. The van der Waals surface area contributed by atoms with Gasteiger partial charge in [0.15, 0.2) is 5.78 Å². The Labute approximate surface area is 212 Å². The number of nitrogens with one attached hydrogen (secondary N) is 1. The predicted molar refractivity (Wildman–Crippen MR) is 132 cm³/mol. The molecule has 2 bridgehead atoms. The van der Waals surface area contributed by atoms with Gasteiger partial charge in [-0.1, -0.05) is 32.0 Å². The summed E-state index contributed by atoms with van der Waals surface area (Å²) in [5, 5.41) is 2.74. The van der Waals surface area contributed by atoms with Gasteiger partial charge in [0.25, 0.3) is 0 Å². The van der Waals surface area contributed by atoms with Gasteiger partial charge in [-0.2, -0.15) is 5.09 Å². The van der Waals surface area contributed by atoms with Crippen LogP contribution in [0.5, 0.6) is 5.75 Å². The van der Waals surface area contributed by atoms with Crippen molar-refractivity contribution in [1.29, 1.82) is 0 Å². The zero-order chi connectivity index (χ0) is 28.3. The molecular formula is C25H39N2O7P. The number of Topliss-reactive ketones (excluding diaryl/α,β-unsaturated/α-hetero) is 1. The van der Waals surface area contributed by atoms with Crippen LogP contribution in [0.25, 0.3) is 0 Å². The smallest absolute Gasteiger partial charge is 0.459 e. The number of carbonyl (C=O) groups is 2. The lowest BCUT2D eigenvalue weighted by Crippen LogP contribution is -2.71. The number of methoxy groups -OCH3 is 1. The molecule has 3 heterocycles. The van der Waals surface area contributed by atoms with Crippen LogP contribution in [0.3, 0.4) is 0 Å². The van der Waals surface area contributed by atoms with E-state index in [1.54, 1.807) is 58.0 Å². The highest BCUT2D eigenvalue weighted by molar-refractivity contribution is 7.52. The van der Waals surface area contributed by atoms with E-state index < -0.39 is 51.7 Å². The lowest BCUT2D eigenvalue weighted by molar-refractivity contribution is -0.163. The molecule has 0 saturated carbocycles. The van der Waals surface area contributed by atoms with E-state index in [4.69, 9.17) is 22.6 Å². The Morgan fingerprint density at radius 1 is 1.26 bits per heavy atom. The average molecular weight is 514 g/mol. The molecule has 35 heavy (non-hydrogen) atoms. The van der Waals surface area contributed by atoms with Crippen molar-refractivity contribution in [2.45, 2.75) is 71.2 Å². The van der Waals surface area contributed by atoms with E-state index >= 15 is 0 Å². The van der Waals surface area contributed by atoms with Gasteiger partial charge in [0.05, 0.1) is 23.4 Å². The summed E-state index contributed by atoms with van der Waals surface area (Å²) < 4.78 is 59.1. The first kappa shape index (κ1) is 23.6. The van der Waals surface area contributed by atoms with Crippen molar-refractivity contribution in [2.75, 3.05) is 26.8 Å². The van der Waals surface area contributed by atoms with Gasteiger partial charge in [0.2, 0.25) is 0 Å². The van der Waals surface area contributed by atoms with Crippen molar-refractivity contribution in [3.63, 3.8) is 0 Å². The molecule has 3 aliphatic rings. The lowest BCUT2D eigenvalue weighted by atomic mass is 9.71. The van der Waals surface area contributed by atoms with E-state index in [2.05, 4.69) is 5.09 Å². The Bertz CT molecular complexity index is 1020. The maximum atomic E-state index is 14.2. The average Bonchev–Trinajstić information content (AvgIpc) is 2.82. The molecule has 1 aromatic rings. The number of para-hydroxylation sites is 1. The van der Waals surface area contributed by atoms with Crippen molar-refractivity contribution >= 4 is 19.5 Å². The fourth-order valence-electron chi connectivity index (χ4n) is 4.89. The Morgan fingerprint density at radius 2 is 1.97 bits per heavy atom. The summed E-state index contributed by atoms with van der Waals surface area (Å²) in [6, 6.07) is 7.23. The topological polar surface area (TPSA) is 103 Å². The number of benzene rings is 1. The number of hydrogen-bond donors (Lipinski definition) is 1. The van der Waals surface area contributed by atoms with Gasteiger partial charge in [-0.25, -0.2) is 4.57 Å². The lowest BCUT2D eigenvalue weighted by Gasteiger charge is -2.55. The molecule has 4 rings (SSSR count). The van der Waals surface area contributed by atoms with E-state index in [1.165, 1.54) is 0 Å². The second-order valence-electron chi connectivity index (χ2n) is 9.96. The number of carbonyl (C=O) groups excluding carboxylic acids is 2. The maximum absolute atomic E-state index is 14.2. The Balaban J connectivity index is 1.95. The van der Waals surface area contributed by atoms with Crippen LogP contribution < -0.4 is 9.61 Å². The Morgan fingerprint density at radius 3 is 2.57 bits per heavy atom. The third-order valence-corrected chi connectivity index (χ3v) is 8.09. The largest absolute Gasteiger partial charge is 0.462 e. The molecule has 1 aromatic carbocycles. The van der Waals surface area contributed by atoms with E-state index in [0.29, 0.717) is 19.4 Å². The zero-order valence-electron chi connectivity index (χ0n) is 24.1. The summed E-state index contributed by atoms with van der Waals surface area (Å²) >= 11 is 0. The monoisotopic (exact) mass is 513 g/mol. The second-order valence-corrected chi connectivity index (χ2v) is 11.7. The number of esters is 1. The molecule has 9 nitrogen and oxygen atoms in total. The van der Waals surface area contributed by atoms with Crippen LogP contribution in [0.15, 0.2) is 30.3 Å². The number of hydrogen-bond acceptors (Lipinski definition) is 8. The highest BCUT2D eigenvalue weighted by Crippen LogP contribution is 2.48. The number of nitrogens with zero attached hydrogens (tertiary/aromatic N) is 1. The highest BCUT2D eigenvalue weighted by atomic mass is 31.2. The Kier molecular flexibility index (Phi) is 7.78. The molecular weight excluding hydrogens is 471 g/mol. The quantitative estimate of drug-likeness (QED) is 0.330. The van der Waals surface area contributed by atoms with Gasteiger partial charge in [0, 0.05) is 25.5 Å². The van der Waals surface area contributed by atoms with Crippen LogP contribution >= 0.6 is 7.75 Å². The van der Waals surface area contributed by atoms with Crippen LogP contribution in [-0.2, 0) is 28.2 Å². The molecule has 10 heteroatoms. The van der Waals surface area contributed by atoms with Gasteiger partial charge in [-0.15, -0.1) is 0 Å². The molecule has 0 aliphatic carbocycles. The van der Waals surface area contributed by atoms with E-state index in [0.717, 1.165) is 0 Å². The second kappa shape index (κ2) is 11.5. The van der Waals surface area contributed by atoms with Gasteiger partial charge in [-0.3, -0.25) is 19.0 Å². The first-order valence-electron chi connectivity index (χ1n) is 13.6. The molecule has 0 spiro atoms. The van der Waals surface area contributed by atoms with Crippen LogP contribution in [0, 0.1) is 11.8 Å². The van der Waals surface area contributed by atoms with Gasteiger partial charge in [0.1, 0.15) is 17.3 Å². The van der Waals surface area contributed by atoms with Crippen molar-refractivity contribution in [1.82, 2.24) is 9.99 Å². The van der Waals surface area contributed by atoms with Crippen molar-refractivity contribution in [3.05, 3.63) is 30.3 Å². The van der Waals surface area contributed by atoms with Crippen LogP contribution in [0.2, 0.25) is 0 Å². The van der Waals surface area contributed by atoms with Crippen molar-refractivity contribution in [2.24, 2.45) is 11.8 Å². The summed E-state index contributed by atoms with van der Waals surface area (Å²) in [5.41, 5.74) is -1.47. The van der Waals surface area contributed by atoms with Crippen LogP contribution in [0.4, 0.5) is 0 Å². The van der Waals surface area contributed by atoms with E-state index in [9.17, 15) is 14.2 Å². The summed E-state index contributed by atoms with van der Waals surface area (Å²) in [4.78, 5) is 28.3. The van der Waals surface area contributed by atoms with Gasteiger partial charge in [-0.05, 0) is 51.7 Å². The summed E-state index contributed by atoms with van der Waals surface area (Å²) in [6.45, 7) is 8.51. The van der Waals surface area contributed by atoms with E-state index in [1.807, 2.05) is 11.8 Å². The van der Waals surface area contributed by atoms with Crippen LogP contribution in [0.1, 0.15) is 51.6 Å². The molecule has 0 aromatic heterocycles. The molecule has 3 aliphatic heterocycles.